The molecule has 2 aromatic rings. The number of carbonyl (C=O) groups excluding carboxylic acids is 1. The molecule has 9 heteroatoms. The number of phenols is 2. The molecule has 2 aromatic carbocycles. The number of fused-ring (bicyclic) bond motifs is 9. The highest BCUT2D eigenvalue weighted by atomic mass is 16.7. The number of aliphatic hydroxyl groups is 1. The number of phenolic OH excluding ortho intramolecular Hbond substituents is 2. The van der Waals surface area contributed by atoms with E-state index in [-0.39, 0.29) is 43.1 Å². The number of aromatic hydroxyl groups is 2. The highest BCUT2D eigenvalue weighted by Crippen LogP contribution is 2.57. The Bertz CT molecular complexity index is 1370. The maximum absolute atomic E-state index is 12.5. The van der Waals surface area contributed by atoms with E-state index in [0.717, 1.165) is 33.4 Å². The topological polar surface area (TPSA) is 115 Å². The molecule has 5 atom stereocenters. The van der Waals surface area contributed by atoms with Gasteiger partial charge in [0.15, 0.2) is 11.5 Å². The second-order valence-corrected chi connectivity index (χ2v) is 10.9. The Kier molecular flexibility index (Phi) is 5.86. The Balaban J connectivity index is 1.55. The summed E-state index contributed by atoms with van der Waals surface area (Å²) < 4.78 is 11.7. The third kappa shape index (κ3) is 3.38. The van der Waals surface area contributed by atoms with E-state index in [2.05, 4.69) is 21.2 Å². The molecule has 4 N–H and O–H groups in total. The van der Waals surface area contributed by atoms with Crippen molar-refractivity contribution in [1.82, 2.24) is 15.1 Å². The second-order valence-electron chi connectivity index (χ2n) is 10.9. The minimum absolute atomic E-state index is 0.0452. The van der Waals surface area contributed by atoms with Crippen molar-refractivity contribution in [2.45, 2.75) is 70.9 Å². The highest BCUT2D eigenvalue weighted by Gasteiger charge is 2.56. The monoisotopic (exact) mass is 521 g/mol. The molecule has 0 spiro atoms. The van der Waals surface area contributed by atoms with Crippen LogP contribution < -0.4 is 14.8 Å². The van der Waals surface area contributed by atoms with Gasteiger partial charge in [0.05, 0.1) is 18.1 Å². The van der Waals surface area contributed by atoms with Crippen molar-refractivity contribution in [3.05, 3.63) is 57.2 Å². The highest BCUT2D eigenvalue weighted by molar-refractivity contribution is 5.87. The third-order valence-corrected chi connectivity index (χ3v) is 9.08. The van der Waals surface area contributed by atoms with Crippen LogP contribution in [0.5, 0.6) is 23.0 Å². The number of aliphatic hydroxyl groups excluding tert-OH is 1. The summed E-state index contributed by atoms with van der Waals surface area (Å²) in [5.74, 6) is 1.27. The number of rotatable bonds is 3. The Morgan fingerprint density at radius 1 is 1.08 bits per heavy atom. The van der Waals surface area contributed by atoms with Gasteiger partial charge in [-0.05, 0) is 70.4 Å². The van der Waals surface area contributed by atoms with Crippen molar-refractivity contribution in [2.24, 2.45) is 0 Å². The molecule has 4 aliphatic heterocycles. The molecule has 1 amide bonds. The average molecular weight is 522 g/mol. The molecule has 4 aliphatic rings. The predicted octanol–water partition coefficient (Wildman–Crippen LogP) is 2.64. The summed E-state index contributed by atoms with van der Waals surface area (Å²) >= 11 is 0. The first-order valence-electron chi connectivity index (χ1n) is 13.2. The summed E-state index contributed by atoms with van der Waals surface area (Å²) in [5.41, 5.74) is 5.88. The molecular formula is C29H35N3O6. The van der Waals surface area contributed by atoms with Crippen molar-refractivity contribution >= 4 is 5.91 Å². The Labute approximate surface area is 222 Å². The Morgan fingerprint density at radius 3 is 2.55 bits per heavy atom. The van der Waals surface area contributed by atoms with E-state index >= 15 is 0 Å². The van der Waals surface area contributed by atoms with E-state index in [1.807, 2.05) is 27.8 Å². The zero-order valence-corrected chi connectivity index (χ0v) is 22.4. The fourth-order valence-corrected chi connectivity index (χ4v) is 7.12. The fourth-order valence-electron chi connectivity index (χ4n) is 7.12. The van der Waals surface area contributed by atoms with Crippen LogP contribution in [0.3, 0.4) is 0 Å². The van der Waals surface area contributed by atoms with Crippen LogP contribution in [0.1, 0.15) is 58.0 Å². The first-order chi connectivity index (χ1) is 18.1. The van der Waals surface area contributed by atoms with Crippen LogP contribution in [-0.4, -0.2) is 69.7 Å². The summed E-state index contributed by atoms with van der Waals surface area (Å²) in [6, 6.07) is 0.928. The lowest BCUT2D eigenvalue weighted by molar-refractivity contribution is -0.172. The lowest BCUT2D eigenvalue weighted by atomic mass is 9.73. The van der Waals surface area contributed by atoms with Gasteiger partial charge in [-0.3, -0.25) is 14.6 Å². The lowest BCUT2D eigenvalue weighted by Crippen LogP contribution is -2.69. The molecule has 38 heavy (non-hydrogen) atoms. The standard InChI is InChI=1S/C29H35N3O6/c1-6-7-21(33)30-11-20-23-17(25(34)15(4)27-28(23)38-12-37-27)10-18-24-22-16(8-13(2)14(3)26(22)35)9-19(31(24)5)29(36)32(18)20/h6-8,18-20,24,29,34-36H,9-12H2,1-5H3,(H,30,33)/b7-6+/t18?,19-,20-,24-,29-/m0/s1. The molecule has 6 rings (SSSR count). The molecule has 0 radical (unpaired) electrons. The smallest absolute Gasteiger partial charge is 0.243 e. The molecule has 202 valence electrons. The number of likely N-dealkylation sites (N-methyl/N-ethyl adjacent to an activating group) is 1. The zero-order valence-electron chi connectivity index (χ0n) is 22.4. The number of benzene rings is 2. The maximum atomic E-state index is 12.5. The molecular weight excluding hydrogens is 486 g/mol. The number of nitrogens with zero attached hydrogens (tertiary/aromatic N) is 2. The van der Waals surface area contributed by atoms with Gasteiger partial charge in [-0.1, -0.05) is 12.1 Å². The van der Waals surface area contributed by atoms with Crippen molar-refractivity contribution < 1.29 is 29.6 Å². The number of ether oxygens (including phenoxy) is 2. The van der Waals surface area contributed by atoms with Gasteiger partial charge < -0.3 is 30.1 Å². The van der Waals surface area contributed by atoms with E-state index in [4.69, 9.17) is 9.47 Å². The molecule has 1 unspecified atom stereocenters. The summed E-state index contributed by atoms with van der Waals surface area (Å²) in [5, 5.41) is 37.6. The van der Waals surface area contributed by atoms with Gasteiger partial charge in [0, 0.05) is 34.8 Å². The average Bonchev–Trinajstić information content (AvgIpc) is 3.37. The van der Waals surface area contributed by atoms with Crippen molar-refractivity contribution in [2.75, 3.05) is 20.4 Å². The summed E-state index contributed by atoms with van der Waals surface area (Å²) in [6.07, 6.45) is 3.31. The first-order valence-corrected chi connectivity index (χ1v) is 13.2. The number of hydrogen-bond acceptors (Lipinski definition) is 8. The van der Waals surface area contributed by atoms with Gasteiger partial charge >= 0.3 is 0 Å². The fraction of sp³-hybridized carbons (Fsp3) is 0.483. The first kappa shape index (κ1) is 25.0. The van der Waals surface area contributed by atoms with Gasteiger partial charge in [0.1, 0.15) is 17.7 Å². The molecule has 1 saturated heterocycles. The number of allylic oxidation sites excluding steroid dienone is 1. The minimum Gasteiger partial charge on any atom is -0.507 e. The largest absolute Gasteiger partial charge is 0.507 e. The number of carbonyl (C=O) groups is 1. The molecule has 2 bridgehead atoms. The van der Waals surface area contributed by atoms with Gasteiger partial charge in [-0.2, -0.15) is 0 Å². The molecule has 4 heterocycles. The van der Waals surface area contributed by atoms with Crippen molar-refractivity contribution in [3.8, 4) is 23.0 Å². The second kappa shape index (κ2) is 8.90. The van der Waals surface area contributed by atoms with Crippen LogP contribution >= 0.6 is 0 Å². The van der Waals surface area contributed by atoms with E-state index < -0.39 is 12.3 Å². The van der Waals surface area contributed by atoms with Gasteiger partial charge in [-0.25, -0.2) is 0 Å². The van der Waals surface area contributed by atoms with Crippen LogP contribution in [0.4, 0.5) is 0 Å². The zero-order chi connectivity index (χ0) is 27.0. The molecule has 0 aliphatic carbocycles. The third-order valence-electron chi connectivity index (χ3n) is 9.08. The number of nitrogens with one attached hydrogen (secondary N) is 1. The molecule has 0 aromatic heterocycles. The molecule has 1 fully saturated rings. The minimum atomic E-state index is -0.851. The quantitative estimate of drug-likeness (QED) is 0.456. The van der Waals surface area contributed by atoms with Gasteiger partial charge in [-0.15, -0.1) is 0 Å². The van der Waals surface area contributed by atoms with Crippen LogP contribution in [-0.2, 0) is 17.6 Å². The molecule has 9 nitrogen and oxygen atoms in total. The maximum Gasteiger partial charge on any atom is 0.243 e. The number of aryl methyl sites for hydroxylation is 1. The number of hydrogen-bond donors (Lipinski definition) is 4. The lowest BCUT2D eigenvalue weighted by Gasteiger charge is -2.60. The Hall–Kier alpha value is -3.27. The number of amides is 1. The van der Waals surface area contributed by atoms with E-state index in [1.54, 1.807) is 13.0 Å². The van der Waals surface area contributed by atoms with Crippen LogP contribution in [0.2, 0.25) is 0 Å². The van der Waals surface area contributed by atoms with Gasteiger partial charge in [0.2, 0.25) is 12.7 Å². The van der Waals surface area contributed by atoms with E-state index in [0.29, 0.717) is 35.7 Å². The molecule has 0 saturated carbocycles. The van der Waals surface area contributed by atoms with Gasteiger partial charge in [0.25, 0.3) is 0 Å². The summed E-state index contributed by atoms with van der Waals surface area (Å²) in [7, 11) is 2.00. The number of piperazine rings is 1. The van der Waals surface area contributed by atoms with E-state index in [9.17, 15) is 20.1 Å². The van der Waals surface area contributed by atoms with Crippen LogP contribution in [0.15, 0.2) is 18.2 Å². The Morgan fingerprint density at radius 2 is 1.82 bits per heavy atom. The van der Waals surface area contributed by atoms with Crippen molar-refractivity contribution in [3.63, 3.8) is 0 Å². The van der Waals surface area contributed by atoms with Crippen molar-refractivity contribution in [1.29, 1.82) is 0 Å². The SMILES string of the molecule is C/C=C/C(=O)NC[C@H]1c2c(c(O)c(C)c3c2OCO3)CC2[C@H]3c4c(cc(C)c(C)c4O)C[C@@H]([C@H](O)N21)N3C. The van der Waals surface area contributed by atoms with Crippen LogP contribution in [0, 0.1) is 20.8 Å². The normalized spacial score (nSPS) is 27.7. The summed E-state index contributed by atoms with van der Waals surface area (Å²) in [4.78, 5) is 16.7. The predicted molar refractivity (Wildman–Crippen MR) is 140 cm³/mol. The summed E-state index contributed by atoms with van der Waals surface area (Å²) in [6.45, 7) is 7.77. The van der Waals surface area contributed by atoms with E-state index in [1.165, 1.54) is 6.08 Å². The van der Waals surface area contributed by atoms with Crippen LogP contribution in [0.25, 0.3) is 0 Å².